The van der Waals surface area contributed by atoms with Crippen molar-refractivity contribution in [2.75, 3.05) is 13.5 Å². The number of Topliss-reactive ketones (excluding diaryl/α,β-unsaturated/α-hetero) is 2. The summed E-state index contributed by atoms with van der Waals surface area (Å²) >= 11 is 0. The van der Waals surface area contributed by atoms with Gasteiger partial charge in [0.25, 0.3) is 0 Å². The van der Waals surface area contributed by atoms with Gasteiger partial charge in [-0.15, -0.1) is 0 Å². The van der Waals surface area contributed by atoms with Crippen LogP contribution in [0.2, 0.25) is 0 Å². The number of rotatable bonds is 10. The number of hydrogen-bond acceptors (Lipinski definition) is 5. The number of nitrogens with zero attached hydrogens (tertiary/aromatic N) is 1. The maximum Gasteiger partial charge on any atom is 0.427 e. The van der Waals surface area contributed by atoms with Gasteiger partial charge in [0.1, 0.15) is 5.69 Å². The minimum Gasteiger partial charge on any atom is -0.459 e. The van der Waals surface area contributed by atoms with Crippen LogP contribution >= 0.6 is 0 Å². The van der Waals surface area contributed by atoms with Gasteiger partial charge in [-0.05, 0) is 30.3 Å². The molecular formula is C18H15F4NO4. The molecule has 0 aliphatic heterocycles. The molecule has 0 fully saturated rings. The third kappa shape index (κ3) is 5.77. The van der Waals surface area contributed by atoms with Gasteiger partial charge >= 0.3 is 6.11 Å². The van der Waals surface area contributed by atoms with Crippen molar-refractivity contribution >= 4 is 11.6 Å². The van der Waals surface area contributed by atoms with E-state index in [1.54, 1.807) is 12.1 Å². The fourth-order valence-electron chi connectivity index (χ4n) is 2.15. The highest BCUT2D eigenvalue weighted by atomic mass is 19.3. The molecule has 1 heterocycles. The van der Waals surface area contributed by atoms with Gasteiger partial charge in [0.2, 0.25) is 6.86 Å². The molecule has 27 heavy (non-hydrogen) atoms. The molecule has 0 bridgehead atoms. The van der Waals surface area contributed by atoms with Crippen molar-refractivity contribution in [2.24, 2.45) is 0 Å². The molecule has 0 N–H and O–H groups in total. The van der Waals surface area contributed by atoms with Gasteiger partial charge < -0.3 is 9.47 Å². The fraction of sp³-hybridized carbons (Fsp3) is 0.278. The summed E-state index contributed by atoms with van der Waals surface area (Å²) in [5.74, 6) is -2.00. The highest BCUT2D eigenvalue weighted by molar-refractivity contribution is 6.01. The average Bonchev–Trinajstić information content (AvgIpc) is 2.67. The number of pyridine rings is 1. The first-order valence-electron chi connectivity index (χ1n) is 7.79. The molecule has 144 valence electrons. The predicted octanol–water partition coefficient (Wildman–Crippen LogP) is 4.17. The van der Waals surface area contributed by atoms with Gasteiger partial charge in [-0.25, -0.2) is 8.78 Å². The van der Waals surface area contributed by atoms with Crippen LogP contribution in [0.15, 0.2) is 42.6 Å². The summed E-state index contributed by atoms with van der Waals surface area (Å²) < 4.78 is 59.6. The summed E-state index contributed by atoms with van der Waals surface area (Å²) in [5, 5.41) is 0. The van der Waals surface area contributed by atoms with E-state index in [1.807, 2.05) is 0 Å². The molecule has 9 heteroatoms. The molecular weight excluding hydrogens is 370 g/mol. The number of carbonyl (C=O) groups excluding carboxylic acids is 2. The smallest absolute Gasteiger partial charge is 0.427 e. The minimum absolute atomic E-state index is 0.0697. The van der Waals surface area contributed by atoms with Crippen LogP contribution < -0.4 is 9.47 Å². The molecule has 0 saturated carbocycles. The zero-order chi connectivity index (χ0) is 19.9. The molecule has 0 aliphatic rings. The average molecular weight is 385 g/mol. The van der Waals surface area contributed by atoms with E-state index in [-0.39, 0.29) is 29.9 Å². The standard InChI is InChI=1S/C18H15F4NO4/c19-10-18(21,22)27-17-9-12(4-7-16(17)26-11-20)14(24)5-6-15(25)13-3-1-2-8-23-13/h1-4,7-9H,5-6,10-11H2. The number of ether oxygens (including phenoxy) is 2. The van der Waals surface area contributed by atoms with Gasteiger partial charge in [-0.2, -0.15) is 8.78 Å². The van der Waals surface area contributed by atoms with Crippen molar-refractivity contribution in [3.63, 3.8) is 0 Å². The zero-order valence-corrected chi connectivity index (χ0v) is 14.0. The van der Waals surface area contributed by atoms with Crippen molar-refractivity contribution in [1.82, 2.24) is 4.98 Å². The number of alkyl halides is 4. The van der Waals surface area contributed by atoms with E-state index in [0.717, 1.165) is 12.1 Å². The highest BCUT2D eigenvalue weighted by Gasteiger charge is 2.33. The van der Waals surface area contributed by atoms with Crippen LogP contribution in [0.4, 0.5) is 17.6 Å². The summed E-state index contributed by atoms with van der Waals surface area (Å²) in [6.07, 6.45) is -3.08. The monoisotopic (exact) mass is 385 g/mol. The molecule has 0 amide bonds. The molecule has 1 aromatic carbocycles. The lowest BCUT2D eigenvalue weighted by atomic mass is 10.0. The second kappa shape index (κ2) is 9.11. The van der Waals surface area contributed by atoms with Crippen LogP contribution in [0.5, 0.6) is 11.5 Å². The number of hydrogen-bond donors (Lipinski definition) is 0. The van der Waals surface area contributed by atoms with Crippen LogP contribution in [0.25, 0.3) is 0 Å². The van der Waals surface area contributed by atoms with Gasteiger partial charge in [-0.1, -0.05) is 6.07 Å². The van der Waals surface area contributed by atoms with Gasteiger partial charge in [0, 0.05) is 24.6 Å². The Kier molecular flexibility index (Phi) is 6.86. The molecule has 0 atom stereocenters. The van der Waals surface area contributed by atoms with Gasteiger partial charge in [0.15, 0.2) is 29.7 Å². The van der Waals surface area contributed by atoms with Crippen LogP contribution in [0.1, 0.15) is 33.7 Å². The number of benzene rings is 1. The van der Waals surface area contributed by atoms with Crippen molar-refractivity contribution in [1.29, 1.82) is 0 Å². The van der Waals surface area contributed by atoms with Crippen LogP contribution in [0, 0.1) is 0 Å². The van der Waals surface area contributed by atoms with E-state index in [0.29, 0.717) is 0 Å². The SMILES string of the molecule is O=C(CCC(=O)c1ccccn1)c1ccc(OCF)c(OC(F)(F)CF)c1. The number of aromatic nitrogens is 1. The van der Waals surface area contributed by atoms with E-state index in [9.17, 15) is 27.2 Å². The lowest BCUT2D eigenvalue weighted by molar-refractivity contribution is -0.187. The second-order valence-corrected chi connectivity index (χ2v) is 5.35. The van der Waals surface area contributed by atoms with E-state index in [1.165, 1.54) is 18.3 Å². The molecule has 0 saturated heterocycles. The Morgan fingerprint density at radius 2 is 1.74 bits per heavy atom. The molecule has 2 aromatic rings. The van der Waals surface area contributed by atoms with Crippen molar-refractivity contribution in [2.45, 2.75) is 19.0 Å². The van der Waals surface area contributed by atoms with E-state index in [2.05, 4.69) is 14.5 Å². The van der Waals surface area contributed by atoms with Crippen LogP contribution in [0.3, 0.4) is 0 Å². The minimum atomic E-state index is -4.16. The van der Waals surface area contributed by atoms with E-state index < -0.39 is 36.9 Å². The summed E-state index contributed by atoms with van der Waals surface area (Å²) in [5.41, 5.74) is 0.128. The van der Waals surface area contributed by atoms with E-state index in [4.69, 9.17) is 0 Å². The highest BCUT2D eigenvalue weighted by Crippen LogP contribution is 2.33. The lowest BCUT2D eigenvalue weighted by Gasteiger charge is -2.17. The third-order valence-electron chi connectivity index (χ3n) is 3.42. The number of halogens is 4. The summed E-state index contributed by atoms with van der Waals surface area (Å²) in [4.78, 5) is 28.1. The molecule has 0 spiro atoms. The van der Waals surface area contributed by atoms with Gasteiger partial charge in [0.05, 0.1) is 0 Å². The normalized spacial score (nSPS) is 11.1. The Hall–Kier alpha value is -2.97. The Labute approximate surface area is 151 Å². The second-order valence-electron chi connectivity index (χ2n) is 5.35. The van der Waals surface area contributed by atoms with Crippen LogP contribution in [-0.2, 0) is 0 Å². The lowest BCUT2D eigenvalue weighted by Crippen LogP contribution is -2.27. The first kappa shape index (κ1) is 20.3. The maximum absolute atomic E-state index is 13.2. The maximum atomic E-state index is 13.2. The quantitative estimate of drug-likeness (QED) is 0.454. The van der Waals surface area contributed by atoms with Crippen molar-refractivity contribution < 1.29 is 36.6 Å². The third-order valence-corrected chi connectivity index (χ3v) is 3.42. The predicted molar refractivity (Wildman–Crippen MR) is 86.7 cm³/mol. The first-order valence-corrected chi connectivity index (χ1v) is 7.79. The molecule has 5 nitrogen and oxygen atoms in total. The van der Waals surface area contributed by atoms with Crippen molar-refractivity contribution in [3.8, 4) is 11.5 Å². The van der Waals surface area contributed by atoms with Crippen LogP contribution in [-0.4, -0.2) is 36.2 Å². The topological polar surface area (TPSA) is 65.5 Å². The van der Waals surface area contributed by atoms with Gasteiger partial charge in [-0.3, -0.25) is 14.6 Å². The summed E-state index contributed by atoms with van der Waals surface area (Å²) in [6.45, 7) is -3.44. The Bertz CT molecular complexity index is 799. The summed E-state index contributed by atoms with van der Waals surface area (Å²) in [7, 11) is 0. The Morgan fingerprint density at radius 1 is 1.00 bits per heavy atom. The summed E-state index contributed by atoms with van der Waals surface area (Å²) in [6, 6.07) is 7.91. The Morgan fingerprint density at radius 3 is 2.37 bits per heavy atom. The molecule has 0 aliphatic carbocycles. The molecule has 0 radical (unpaired) electrons. The first-order chi connectivity index (χ1) is 12.9. The largest absolute Gasteiger partial charge is 0.459 e. The zero-order valence-electron chi connectivity index (χ0n) is 14.0. The fourth-order valence-corrected chi connectivity index (χ4v) is 2.15. The van der Waals surface area contributed by atoms with E-state index >= 15 is 0 Å². The molecule has 2 rings (SSSR count). The van der Waals surface area contributed by atoms with Crippen molar-refractivity contribution in [3.05, 3.63) is 53.9 Å². The Balaban J connectivity index is 2.12. The number of ketones is 2. The molecule has 0 unspecified atom stereocenters. The molecule has 1 aromatic heterocycles. The number of carbonyl (C=O) groups is 2.